The highest BCUT2D eigenvalue weighted by Gasteiger charge is 2.22. The van der Waals surface area contributed by atoms with Crippen molar-refractivity contribution in [3.63, 3.8) is 0 Å². The molecule has 0 spiro atoms. The minimum atomic E-state index is 0.0637. The first-order valence-corrected chi connectivity index (χ1v) is 13.2. The zero-order valence-corrected chi connectivity index (χ0v) is 22.8. The van der Waals surface area contributed by atoms with E-state index in [1.807, 2.05) is 30.3 Å². The molecule has 194 valence electrons. The molecule has 0 fully saturated rings. The van der Waals surface area contributed by atoms with Gasteiger partial charge in [0.15, 0.2) is 11.5 Å². The number of hydrogen-bond donors (Lipinski definition) is 1. The number of allylic oxidation sites excluding steroid dienone is 1. The van der Waals surface area contributed by atoms with Crippen LogP contribution < -0.4 is 10.2 Å². The summed E-state index contributed by atoms with van der Waals surface area (Å²) in [6.07, 6.45) is 14.3. The SMILES string of the molecule is Cc1ccc(C(C)(C)C)cc1Nc1nc(N2C=CC(CC(C)Cn3ccnc3)CC2)nc2ncn(C)c12. The monoisotopic (exact) mass is 498 g/mol. The van der Waals surface area contributed by atoms with Crippen molar-refractivity contribution < 1.29 is 0 Å². The van der Waals surface area contributed by atoms with Gasteiger partial charge in [0.05, 0.1) is 12.7 Å². The molecule has 0 aliphatic carbocycles. The van der Waals surface area contributed by atoms with Crippen LogP contribution in [0.5, 0.6) is 0 Å². The van der Waals surface area contributed by atoms with Gasteiger partial charge >= 0.3 is 0 Å². The number of hydrogen-bond acceptors (Lipinski definition) is 6. The molecule has 8 nitrogen and oxygen atoms in total. The summed E-state index contributed by atoms with van der Waals surface area (Å²) in [6.45, 7) is 13.0. The van der Waals surface area contributed by atoms with E-state index in [0.717, 1.165) is 43.0 Å². The van der Waals surface area contributed by atoms with Gasteiger partial charge in [0.25, 0.3) is 0 Å². The lowest BCUT2D eigenvalue weighted by atomic mass is 9.86. The highest BCUT2D eigenvalue weighted by atomic mass is 15.3. The molecular weight excluding hydrogens is 460 g/mol. The predicted octanol–water partition coefficient (Wildman–Crippen LogP) is 5.98. The van der Waals surface area contributed by atoms with Crippen LogP contribution in [0.25, 0.3) is 11.2 Å². The third-order valence-corrected chi connectivity index (χ3v) is 7.24. The van der Waals surface area contributed by atoms with Crippen molar-refractivity contribution in [1.29, 1.82) is 0 Å². The van der Waals surface area contributed by atoms with Gasteiger partial charge in [-0.15, -0.1) is 0 Å². The molecule has 0 saturated carbocycles. The molecule has 0 amide bonds. The van der Waals surface area contributed by atoms with Gasteiger partial charge in [-0.25, -0.2) is 9.97 Å². The third-order valence-electron chi connectivity index (χ3n) is 7.24. The first-order valence-electron chi connectivity index (χ1n) is 13.2. The maximum atomic E-state index is 5.00. The summed E-state index contributed by atoms with van der Waals surface area (Å²) in [5.74, 6) is 2.59. The van der Waals surface area contributed by atoms with Gasteiger partial charge in [-0.2, -0.15) is 9.97 Å². The molecule has 4 heterocycles. The second kappa shape index (κ2) is 10.00. The van der Waals surface area contributed by atoms with Crippen molar-refractivity contribution in [2.45, 2.75) is 59.4 Å². The lowest BCUT2D eigenvalue weighted by Crippen LogP contribution is -2.27. The Hall–Kier alpha value is -3.68. The number of imidazole rings is 2. The predicted molar refractivity (Wildman–Crippen MR) is 150 cm³/mol. The van der Waals surface area contributed by atoms with Gasteiger partial charge in [0.1, 0.15) is 5.52 Å². The molecule has 1 N–H and O–H groups in total. The minimum absolute atomic E-state index is 0.0637. The van der Waals surface area contributed by atoms with E-state index in [-0.39, 0.29) is 5.41 Å². The molecule has 1 aliphatic rings. The third kappa shape index (κ3) is 5.53. The smallest absolute Gasteiger partial charge is 0.233 e. The molecule has 4 aromatic rings. The van der Waals surface area contributed by atoms with Gasteiger partial charge in [0, 0.05) is 44.4 Å². The van der Waals surface area contributed by atoms with E-state index in [9.17, 15) is 0 Å². The van der Waals surface area contributed by atoms with E-state index in [1.165, 1.54) is 11.1 Å². The topological polar surface area (TPSA) is 76.7 Å². The zero-order chi connectivity index (χ0) is 26.2. The van der Waals surface area contributed by atoms with Gasteiger partial charge < -0.3 is 19.4 Å². The number of nitrogens with one attached hydrogen (secondary N) is 1. The van der Waals surface area contributed by atoms with Gasteiger partial charge in [-0.1, -0.05) is 45.9 Å². The molecule has 1 aromatic carbocycles. The van der Waals surface area contributed by atoms with Crippen LogP contribution in [0.2, 0.25) is 0 Å². The molecule has 8 heteroatoms. The van der Waals surface area contributed by atoms with E-state index >= 15 is 0 Å². The average molecular weight is 499 g/mol. The number of anilines is 3. The highest BCUT2D eigenvalue weighted by Crippen LogP contribution is 2.32. The molecule has 2 unspecified atom stereocenters. The average Bonchev–Trinajstić information content (AvgIpc) is 3.50. The summed E-state index contributed by atoms with van der Waals surface area (Å²) in [5.41, 5.74) is 5.17. The first-order chi connectivity index (χ1) is 17.7. The molecule has 1 aliphatic heterocycles. The maximum Gasteiger partial charge on any atom is 0.233 e. The fourth-order valence-electron chi connectivity index (χ4n) is 5.02. The maximum absolute atomic E-state index is 5.00. The number of aromatic nitrogens is 6. The standard InChI is InChI=1S/C29H38N8/c1-20(17-36-14-11-30-18-36)15-22-9-12-37(13-10-22)28-33-26-25(35(6)19-31-26)27(34-28)32-24-16-23(29(3,4)5)8-7-21(24)2/h7-9,11-12,14,16,18-20,22H,10,13,15,17H2,1-6H3,(H,32,33,34). The largest absolute Gasteiger partial charge is 0.338 e. The molecule has 3 aromatic heterocycles. The summed E-state index contributed by atoms with van der Waals surface area (Å²) < 4.78 is 4.14. The Morgan fingerprint density at radius 1 is 1.16 bits per heavy atom. The highest BCUT2D eigenvalue weighted by molar-refractivity contribution is 5.87. The second-order valence-electron chi connectivity index (χ2n) is 11.5. The van der Waals surface area contributed by atoms with Crippen LogP contribution in [-0.4, -0.2) is 35.6 Å². The van der Waals surface area contributed by atoms with Crippen molar-refractivity contribution in [3.8, 4) is 0 Å². The second-order valence-corrected chi connectivity index (χ2v) is 11.5. The van der Waals surface area contributed by atoms with Crippen LogP contribution in [0.3, 0.4) is 0 Å². The molecule has 5 rings (SSSR count). The Morgan fingerprint density at radius 2 is 2.00 bits per heavy atom. The molecule has 2 atom stereocenters. The van der Waals surface area contributed by atoms with Gasteiger partial charge in [0.2, 0.25) is 5.95 Å². The molecule has 0 radical (unpaired) electrons. The summed E-state index contributed by atoms with van der Waals surface area (Å²) >= 11 is 0. The van der Waals surface area contributed by atoms with Crippen LogP contribution >= 0.6 is 0 Å². The Balaban J connectivity index is 1.38. The van der Waals surface area contributed by atoms with Crippen molar-refractivity contribution >= 4 is 28.6 Å². The number of benzene rings is 1. The quantitative estimate of drug-likeness (QED) is 0.338. The number of aryl methyl sites for hydroxylation is 2. The summed E-state index contributed by atoms with van der Waals surface area (Å²) in [7, 11) is 1.98. The summed E-state index contributed by atoms with van der Waals surface area (Å²) in [6, 6.07) is 6.61. The molecule has 0 saturated heterocycles. The Bertz CT molecular complexity index is 1390. The minimum Gasteiger partial charge on any atom is -0.338 e. The van der Waals surface area contributed by atoms with Crippen LogP contribution in [-0.2, 0) is 19.0 Å². The lowest BCUT2D eigenvalue weighted by Gasteiger charge is -2.28. The Labute approximate surface area is 219 Å². The van der Waals surface area contributed by atoms with Crippen molar-refractivity contribution in [1.82, 2.24) is 29.1 Å². The van der Waals surface area contributed by atoms with Crippen LogP contribution in [0.1, 0.15) is 51.7 Å². The van der Waals surface area contributed by atoms with Crippen LogP contribution in [0.15, 0.2) is 55.5 Å². The van der Waals surface area contributed by atoms with Crippen molar-refractivity contribution in [2.24, 2.45) is 18.9 Å². The van der Waals surface area contributed by atoms with Gasteiger partial charge in [-0.3, -0.25) is 0 Å². The van der Waals surface area contributed by atoms with E-state index in [1.54, 1.807) is 6.33 Å². The van der Waals surface area contributed by atoms with E-state index in [0.29, 0.717) is 23.4 Å². The van der Waals surface area contributed by atoms with Crippen LogP contribution in [0, 0.1) is 18.8 Å². The van der Waals surface area contributed by atoms with E-state index in [2.05, 4.69) is 89.8 Å². The van der Waals surface area contributed by atoms with E-state index in [4.69, 9.17) is 9.97 Å². The van der Waals surface area contributed by atoms with Crippen molar-refractivity contribution in [2.75, 3.05) is 16.8 Å². The summed E-state index contributed by atoms with van der Waals surface area (Å²) in [4.78, 5) is 20.7. The molecular formula is C29H38N8. The van der Waals surface area contributed by atoms with Crippen LogP contribution in [0.4, 0.5) is 17.5 Å². The van der Waals surface area contributed by atoms with Gasteiger partial charge in [-0.05, 0) is 54.2 Å². The normalized spacial score (nSPS) is 16.9. The zero-order valence-electron chi connectivity index (χ0n) is 22.8. The summed E-state index contributed by atoms with van der Waals surface area (Å²) in [5, 5.41) is 3.62. The van der Waals surface area contributed by atoms with Crippen molar-refractivity contribution in [3.05, 3.63) is 66.7 Å². The Morgan fingerprint density at radius 3 is 2.70 bits per heavy atom. The molecule has 37 heavy (non-hydrogen) atoms. The number of fused-ring (bicyclic) bond motifs is 1. The fourth-order valence-corrected chi connectivity index (χ4v) is 5.02. The first kappa shape index (κ1) is 25.0. The van der Waals surface area contributed by atoms with E-state index < -0.39 is 0 Å². The lowest BCUT2D eigenvalue weighted by molar-refractivity contribution is 0.378. The number of nitrogens with zero attached hydrogens (tertiary/aromatic N) is 7. The fraction of sp³-hybridized carbons (Fsp3) is 0.448. The molecule has 0 bridgehead atoms. The Kier molecular flexibility index (Phi) is 6.75. The number of rotatable bonds is 7.